The van der Waals surface area contributed by atoms with Gasteiger partial charge in [0.15, 0.2) is 0 Å². The Morgan fingerprint density at radius 1 is 0.414 bits per heavy atom. The van der Waals surface area contributed by atoms with Crippen molar-refractivity contribution in [2.75, 3.05) is 4.90 Å². The van der Waals surface area contributed by atoms with Crippen LogP contribution in [0.25, 0.3) is 88.0 Å². The maximum Gasteiger partial charge on any atom is 0.143 e. The smallest absolute Gasteiger partial charge is 0.143 e. The fourth-order valence-corrected chi connectivity index (χ4v) is 9.65. The zero-order valence-electron chi connectivity index (χ0n) is 32.2. The third kappa shape index (κ3) is 4.80. The van der Waals surface area contributed by atoms with E-state index in [0.29, 0.717) is 0 Å². The Labute approximate surface area is 336 Å². The van der Waals surface area contributed by atoms with Gasteiger partial charge in [-0.05, 0) is 98.8 Å². The molecule has 3 nitrogen and oxygen atoms in total. The molecule has 274 valence electrons. The minimum atomic E-state index is -0.158. The van der Waals surface area contributed by atoms with E-state index in [1.54, 1.807) is 0 Å². The number of para-hydroxylation sites is 3. The molecule has 0 spiro atoms. The third-order valence-corrected chi connectivity index (χ3v) is 12.5. The largest absolute Gasteiger partial charge is 0.456 e. The number of anilines is 3. The highest BCUT2D eigenvalue weighted by atomic mass is 16.3. The Hall–Kier alpha value is -7.36. The summed E-state index contributed by atoms with van der Waals surface area (Å²) in [6.07, 6.45) is 0. The fourth-order valence-electron chi connectivity index (χ4n) is 9.65. The van der Waals surface area contributed by atoms with Crippen LogP contribution in [0.4, 0.5) is 17.1 Å². The molecule has 0 radical (unpaired) electrons. The lowest BCUT2D eigenvalue weighted by molar-refractivity contribution is 0.660. The van der Waals surface area contributed by atoms with Crippen LogP contribution < -0.4 is 4.90 Å². The zero-order chi connectivity index (χ0) is 38.5. The minimum Gasteiger partial charge on any atom is -0.456 e. The van der Waals surface area contributed by atoms with Crippen molar-refractivity contribution in [1.29, 1.82) is 0 Å². The minimum absolute atomic E-state index is 0.158. The number of fused-ring (bicyclic) bond motifs is 10. The summed E-state index contributed by atoms with van der Waals surface area (Å²) >= 11 is 0. The maximum absolute atomic E-state index is 6.57. The Kier molecular flexibility index (Phi) is 6.98. The van der Waals surface area contributed by atoms with Crippen molar-refractivity contribution < 1.29 is 8.83 Å². The number of hydrogen-bond donors (Lipinski definition) is 0. The van der Waals surface area contributed by atoms with E-state index >= 15 is 0 Å². The predicted molar refractivity (Wildman–Crippen MR) is 242 cm³/mol. The molecule has 1 aliphatic carbocycles. The lowest BCUT2D eigenvalue weighted by atomic mass is 9.82. The molecular formula is C55H37NO2. The molecule has 9 aromatic carbocycles. The van der Waals surface area contributed by atoms with Crippen LogP contribution in [0.5, 0.6) is 0 Å². The highest BCUT2D eigenvalue weighted by Crippen LogP contribution is 2.53. The molecule has 3 heteroatoms. The monoisotopic (exact) mass is 743 g/mol. The van der Waals surface area contributed by atoms with Crippen LogP contribution in [-0.2, 0) is 5.41 Å². The lowest BCUT2D eigenvalue weighted by Gasteiger charge is -2.30. The average Bonchev–Trinajstić information content (AvgIpc) is 3.92. The number of benzene rings is 9. The van der Waals surface area contributed by atoms with E-state index in [1.165, 1.54) is 33.0 Å². The molecule has 0 aliphatic heterocycles. The first-order valence-electron chi connectivity index (χ1n) is 20.0. The van der Waals surface area contributed by atoms with Gasteiger partial charge in [0.2, 0.25) is 0 Å². The zero-order valence-corrected chi connectivity index (χ0v) is 32.2. The van der Waals surface area contributed by atoms with Gasteiger partial charge in [0.1, 0.15) is 22.3 Å². The van der Waals surface area contributed by atoms with Crippen LogP contribution in [-0.4, -0.2) is 0 Å². The SMILES string of the molecule is CC1(C)c2ccccc2-c2ccc(N(c3ccc(-c4cccc5c4oc4ccccc45)cc3)c3ccc4oc5ccccc5c4c3-c3ccc4ccccc4c3)cc21. The molecule has 11 aromatic rings. The van der Waals surface area contributed by atoms with E-state index in [1.807, 2.05) is 18.2 Å². The first kappa shape index (κ1) is 32.8. The molecule has 1 aliphatic rings. The molecule has 58 heavy (non-hydrogen) atoms. The average molecular weight is 744 g/mol. The lowest BCUT2D eigenvalue weighted by Crippen LogP contribution is -2.17. The molecule has 0 saturated heterocycles. The Morgan fingerprint density at radius 3 is 1.93 bits per heavy atom. The summed E-state index contributed by atoms with van der Waals surface area (Å²) in [4.78, 5) is 2.44. The van der Waals surface area contributed by atoms with Crippen molar-refractivity contribution in [2.24, 2.45) is 0 Å². The summed E-state index contributed by atoms with van der Waals surface area (Å²) in [7, 11) is 0. The van der Waals surface area contributed by atoms with Crippen LogP contribution in [0.1, 0.15) is 25.0 Å². The van der Waals surface area contributed by atoms with Crippen molar-refractivity contribution >= 4 is 71.7 Å². The Bertz CT molecular complexity index is 3440. The topological polar surface area (TPSA) is 29.5 Å². The van der Waals surface area contributed by atoms with E-state index in [0.717, 1.165) is 83.2 Å². The molecule has 0 amide bonds. The van der Waals surface area contributed by atoms with Gasteiger partial charge in [-0.1, -0.05) is 147 Å². The van der Waals surface area contributed by atoms with Gasteiger partial charge in [0, 0.05) is 49.5 Å². The third-order valence-electron chi connectivity index (χ3n) is 12.5. The standard InChI is InChI=1S/C55H37NO2/c1-55(2)46-19-8-5-14-41(46)42-29-28-39(33-47(42)55)56(38-26-24-35(25-27-38)40-17-11-18-44-43-15-6-9-20-49(43)58-54(40)44)48-30-31-51-53(45-16-7-10-21-50(45)57-51)52(48)37-23-22-34-12-3-4-13-36(34)32-37/h3-33H,1-2H3. The number of nitrogens with zero attached hydrogens (tertiary/aromatic N) is 1. The highest BCUT2D eigenvalue weighted by molar-refractivity contribution is 6.17. The summed E-state index contributed by atoms with van der Waals surface area (Å²) in [5.41, 5.74) is 16.4. The summed E-state index contributed by atoms with van der Waals surface area (Å²) in [5.74, 6) is 0. The van der Waals surface area contributed by atoms with E-state index in [2.05, 4.69) is 189 Å². The van der Waals surface area contributed by atoms with Crippen molar-refractivity contribution in [3.63, 3.8) is 0 Å². The second-order valence-electron chi connectivity index (χ2n) is 16.1. The van der Waals surface area contributed by atoms with E-state index in [-0.39, 0.29) is 5.41 Å². The molecule has 2 aromatic heterocycles. The van der Waals surface area contributed by atoms with Crippen molar-refractivity contribution in [1.82, 2.24) is 0 Å². The summed E-state index contributed by atoms with van der Waals surface area (Å²) < 4.78 is 13.1. The van der Waals surface area contributed by atoms with Gasteiger partial charge in [0.25, 0.3) is 0 Å². The first-order chi connectivity index (χ1) is 28.5. The van der Waals surface area contributed by atoms with Gasteiger partial charge in [-0.25, -0.2) is 0 Å². The molecule has 0 fully saturated rings. The predicted octanol–water partition coefficient (Wildman–Crippen LogP) is 15.7. The summed E-state index contributed by atoms with van der Waals surface area (Å²) in [5, 5.41) is 6.87. The van der Waals surface area contributed by atoms with Crippen molar-refractivity contribution in [3.8, 4) is 33.4 Å². The molecule has 0 N–H and O–H groups in total. The van der Waals surface area contributed by atoms with Crippen LogP contribution >= 0.6 is 0 Å². The first-order valence-corrected chi connectivity index (χ1v) is 20.0. The summed E-state index contributed by atoms with van der Waals surface area (Å²) in [6.45, 7) is 4.70. The van der Waals surface area contributed by atoms with E-state index < -0.39 is 0 Å². The van der Waals surface area contributed by atoms with E-state index in [9.17, 15) is 0 Å². The quantitative estimate of drug-likeness (QED) is 0.176. The molecule has 0 atom stereocenters. The summed E-state index contributed by atoms with van der Waals surface area (Å²) in [6, 6.07) is 67.8. The van der Waals surface area contributed by atoms with E-state index in [4.69, 9.17) is 8.83 Å². The Balaban J connectivity index is 1.11. The highest BCUT2D eigenvalue weighted by Gasteiger charge is 2.36. The maximum atomic E-state index is 6.57. The number of furan rings is 2. The number of rotatable bonds is 5. The van der Waals surface area contributed by atoms with Gasteiger partial charge in [-0.3, -0.25) is 0 Å². The molecule has 2 heterocycles. The van der Waals surface area contributed by atoms with Gasteiger partial charge in [-0.2, -0.15) is 0 Å². The van der Waals surface area contributed by atoms with Crippen LogP contribution in [0.2, 0.25) is 0 Å². The Morgan fingerprint density at radius 2 is 1.07 bits per heavy atom. The van der Waals surface area contributed by atoms with Crippen LogP contribution in [0, 0.1) is 0 Å². The van der Waals surface area contributed by atoms with Crippen molar-refractivity contribution in [2.45, 2.75) is 19.3 Å². The molecule has 0 unspecified atom stereocenters. The van der Waals surface area contributed by atoms with Crippen LogP contribution in [0.15, 0.2) is 197 Å². The van der Waals surface area contributed by atoms with Crippen LogP contribution in [0.3, 0.4) is 0 Å². The molecule has 0 saturated carbocycles. The molecule has 0 bridgehead atoms. The van der Waals surface area contributed by atoms with Gasteiger partial charge >= 0.3 is 0 Å². The van der Waals surface area contributed by atoms with Gasteiger partial charge in [-0.15, -0.1) is 0 Å². The second kappa shape index (κ2) is 12.3. The fraction of sp³-hybridized carbons (Fsp3) is 0.0545. The normalized spacial score (nSPS) is 13.1. The van der Waals surface area contributed by atoms with Gasteiger partial charge < -0.3 is 13.7 Å². The number of hydrogen-bond acceptors (Lipinski definition) is 3. The molecule has 12 rings (SSSR count). The molecular weight excluding hydrogens is 707 g/mol. The second-order valence-corrected chi connectivity index (χ2v) is 16.1. The van der Waals surface area contributed by atoms with Gasteiger partial charge in [0.05, 0.1) is 5.69 Å². The van der Waals surface area contributed by atoms with Crippen molar-refractivity contribution in [3.05, 3.63) is 199 Å².